The number of carbonyl (C=O) groups is 1. The molecule has 5 heteroatoms. The van der Waals surface area contributed by atoms with Crippen LogP contribution in [0.2, 0.25) is 0 Å². The molecule has 0 fully saturated rings. The van der Waals surface area contributed by atoms with Crippen LogP contribution in [0.5, 0.6) is 0 Å². The van der Waals surface area contributed by atoms with Crippen molar-refractivity contribution in [3.63, 3.8) is 0 Å². The SMILES string of the molecule is CCN(CC)c1ncccc1CNC(=O)Cc1cccnc1. The predicted molar refractivity (Wildman–Crippen MR) is 87.6 cm³/mol. The Labute approximate surface area is 131 Å². The lowest BCUT2D eigenvalue weighted by molar-refractivity contribution is -0.120. The highest BCUT2D eigenvalue weighted by Crippen LogP contribution is 2.16. The third-order valence-electron chi connectivity index (χ3n) is 3.49. The van der Waals surface area contributed by atoms with Gasteiger partial charge in [0.25, 0.3) is 0 Å². The van der Waals surface area contributed by atoms with E-state index in [2.05, 4.69) is 34.0 Å². The summed E-state index contributed by atoms with van der Waals surface area (Å²) < 4.78 is 0. The number of nitrogens with one attached hydrogen (secondary N) is 1. The van der Waals surface area contributed by atoms with E-state index in [1.165, 1.54) is 0 Å². The molecule has 22 heavy (non-hydrogen) atoms. The van der Waals surface area contributed by atoms with Crippen LogP contribution in [-0.4, -0.2) is 29.0 Å². The third kappa shape index (κ3) is 4.28. The maximum absolute atomic E-state index is 12.0. The van der Waals surface area contributed by atoms with E-state index in [1.807, 2.05) is 24.3 Å². The Bertz CT molecular complexity index is 597. The first kappa shape index (κ1) is 15.9. The van der Waals surface area contributed by atoms with Gasteiger partial charge in [0, 0.05) is 43.8 Å². The van der Waals surface area contributed by atoms with E-state index in [9.17, 15) is 4.79 Å². The lowest BCUT2D eigenvalue weighted by atomic mass is 10.2. The van der Waals surface area contributed by atoms with Crippen molar-refractivity contribution in [2.24, 2.45) is 0 Å². The third-order valence-corrected chi connectivity index (χ3v) is 3.49. The summed E-state index contributed by atoms with van der Waals surface area (Å²) in [5.41, 5.74) is 1.95. The molecular weight excluding hydrogens is 276 g/mol. The quantitative estimate of drug-likeness (QED) is 0.851. The summed E-state index contributed by atoms with van der Waals surface area (Å²) in [5.74, 6) is 0.927. The fraction of sp³-hybridized carbons (Fsp3) is 0.353. The van der Waals surface area contributed by atoms with Crippen LogP contribution in [0.15, 0.2) is 42.9 Å². The Kier molecular flexibility index (Phi) is 5.89. The number of amides is 1. The Morgan fingerprint density at radius 2 is 1.95 bits per heavy atom. The first-order chi connectivity index (χ1) is 10.7. The zero-order valence-electron chi connectivity index (χ0n) is 13.1. The lowest BCUT2D eigenvalue weighted by Gasteiger charge is -2.22. The Morgan fingerprint density at radius 1 is 1.18 bits per heavy atom. The van der Waals surface area contributed by atoms with Crippen molar-refractivity contribution in [2.75, 3.05) is 18.0 Å². The van der Waals surface area contributed by atoms with Crippen molar-refractivity contribution < 1.29 is 4.79 Å². The van der Waals surface area contributed by atoms with E-state index in [-0.39, 0.29) is 5.91 Å². The molecule has 0 aliphatic rings. The molecule has 0 atom stereocenters. The molecule has 2 aromatic heterocycles. The molecule has 0 saturated heterocycles. The molecule has 0 aromatic carbocycles. The van der Waals surface area contributed by atoms with Crippen molar-refractivity contribution in [1.82, 2.24) is 15.3 Å². The molecule has 1 N–H and O–H groups in total. The maximum atomic E-state index is 12.0. The van der Waals surface area contributed by atoms with Gasteiger partial charge in [-0.3, -0.25) is 9.78 Å². The average molecular weight is 298 g/mol. The summed E-state index contributed by atoms with van der Waals surface area (Å²) in [5, 5.41) is 2.96. The second-order valence-corrected chi connectivity index (χ2v) is 4.97. The molecule has 0 bridgehead atoms. The number of hydrogen-bond acceptors (Lipinski definition) is 4. The molecule has 2 aromatic rings. The Balaban J connectivity index is 1.98. The summed E-state index contributed by atoms with van der Waals surface area (Å²) in [4.78, 5) is 22.7. The van der Waals surface area contributed by atoms with E-state index in [0.717, 1.165) is 30.0 Å². The minimum atomic E-state index is -0.0117. The molecule has 0 aliphatic carbocycles. The number of carbonyl (C=O) groups excluding carboxylic acids is 1. The standard InChI is InChI=1S/C17H22N4O/c1-3-21(4-2)17-15(8-6-10-19-17)13-20-16(22)11-14-7-5-9-18-12-14/h5-10,12H,3-4,11,13H2,1-2H3,(H,20,22). The molecule has 0 spiro atoms. The number of hydrogen-bond donors (Lipinski definition) is 1. The average Bonchev–Trinajstić information content (AvgIpc) is 2.56. The van der Waals surface area contributed by atoms with Gasteiger partial charge >= 0.3 is 0 Å². The van der Waals surface area contributed by atoms with Gasteiger partial charge in [0.2, 0.25) is 5.91 Å². The Morgan fingerprint density at radius 3 is 2.64 bits per heavy atom. The molecular formula is C17H22N4O. The summed E-state index contributed by atoms with van der Waals surface area (Å²) >= 11 is 0. The molecule has 0 aliphatic heterocycles. The number of nitrogens with zero attached hydrogens (tertiary/aromatic N) is 3. The maximum Gasteiger partial charge on any atom is 0.224 e. The number of pyridine rings is 2. The van der Waals surface area contributed by atoms with E-state index in [4.69, 9.17) is 0 Å². The largest absolute Gasteiger partial charge is 0.357 e. The zero-order valence-corrected chi connectivity index (χ0v) is 13.1. The lowest BCUT2D eigenvalue weighted by Crippen LogP contribution is -2.28. The highest BCUT2D eigenvalue weighted by Gasteiger charge is 2.10. The van der Waals surface area contributed by atoms with Gasteiger partial charge in [-0.25, -0.2) is 4.98 Å². The van der Waals surface area contributed by atoms with E-state index < -0.39 is 0 Å². The van der Waals surface area contributed by atoms with Crippen molar-refractivity contribution in [2.45, 2.75) is 26.8 Å². The summed E-state index contributed by atoms with van der Waals surface area (Å²) in [6, 6.07) is 7.64. The first-order valence-corrected chi connectivity index (χ1v) is 7.59. The molecule has 0 radical (unpaired) electrons. The fourth-order valence-corrected chi connectivity index (χ4v) is 2.32. The van der Waals surface area contributed by atoms with E-state index in [1.54, 1.807) is 18.6 Å². The van der Waals surface area contributed by atoms with E-state index >= 15 is 0 Å². The van der Waals surface area contributed by atoms with Crippen molar-refractivity contribution in [3.05, 3.63) is 54.0 Å². The van der Waals surface area contributed by atoms with Gasteiger partial charge in [-0.05, 0) is 31.5 Å². The predicted octanol–water partition coefficient (Wildman–Crippen LogP) is 2.18. The molecule has 1 amide bonds. The fourth-order valence-electron chi connectivity index (χ4n) is 2.32. The van der Waals surface area contributed by atoms with Crippen molar-refractivity contribution >= 4 is 11.7 Å². The minimum Gasteiger partial charge on any atom is -0.357 e. The van der Waals surface area contributed by atoms with Gasteiger partial charge in [0.1, 0.15) is 5.82 Å². The van der Waals surface area contributed by atoms with Gasteiger partial charge in [-0.2, -0.15) is 0 Å². The van der Waals surface area contributed by atoms with Crippen LogP contribution in [0, 0.1) is 0 Å². The minimum absolute atomic E-state index is 0.0117. The van der Waals surface area contributed by atoms with Gasteiger partial charge in [-0.15, -0.1) is 0 Å². The highest BCUT2D eigenvalue weighted by atomic mass is 16.1. The summed E-state index contributed by atoms with van der Waals surface area (Å²) in [6.45, 7) is 6.47. The normalized spacial score (nSPS) is 10.3. The number of anilines is 1. The molecule has 0 unspecified atom stereocenters. The second kappa shape index (κ2) is 8.12. The smallest absolute Gasteiger partial charge is 0.224 e. The summed E-state index contributed by atoms with van der Waals surface area (Å²) in [7, 11) is 0. The van der Waals surface area contributed by atoms with Gasteiger partial charge in [-0.1, -0.05) is 12.1 Å². The zero-order chi connectivity index (χ0) is 15.8. The van der Waals surface area contributed by atoms with Gasteiger partial charge in [0.05, 0.1) is 6.42 Å². The van der Waals surface area contributed by atoms with Gasteiger partial charge < -0.3 is 10.2 Å². The highest BCUT2D eigenvalue weighted by molar-refractivity contribution is 5.78. The van der Waals surface area contributed by atoms with Crippen molar-refractivity contribution in [3.8, 4) is 0 Å². The van der Waals surface area contributed by atoms with Crippen LogP contribution in [0.1, 0.15) is 25.0 Å². The second-order valence-electron chi connectivity index (χ2n) is 4.97. The van der Waals surface area contributed by atoms with Crippen LogP contribution in [-0.2, 0) is 17.8 Å². The number of rotatable bonds is 7. The van der Waals surface area contributed by atoms with Crippen LogP contribution in [0.4, 0.5) is 5.82 Å². The van der Waals surface area contributed by atoms with Crippen LogP contribution in [0.3, 0.4) is 0 Å². The molecule has 0 saturated carbocycles. The molecule has 2 rings (SSSR count). The van der Waals surface area contributed by atoms with E-state index in [0.29, 0.717) is 13.0 Å². The van der Waals surface area contributed by atoms with Crippen LogP contribution >= 0.6 is 0 Å². The first-order valence-electron chi connectivity index (χ1n) is 7.59. The van der Waals surface area contributed by atoms with Gasteiger partial charge in [0.15, 0.2) is 0 Å². The molecule has 5 nitrogen and oxygen atoms in total. The topological polar surface area (TPSA) is 58.1 Å². The summed E-state index contributed by atoms with van der Waals surface area (Å²) in [6.07, 6.45) is 5.54. The monoisotopic (exact) mass is 298 g/mol. The Hall–Kier alpha value is -2.43. The van der Waals surface area contributed by atoms with Crippen molar-refractivity contribution in [1.29, 1.82) is 0 Å². The van der Waals surface area contributed by atoms with Crippen LogP contribution < -0.4 is 10.2 Å². The molecule has 2 heterocycles. The molecule has 116 valence electrons. The van der Waals surface area contributed by atoms with Crippen LogP contribution in [0.25, 0.3) is 0 Å². The number of aromatic nitrogens is 2.